The Hall–Kier alpha value is -1.11. The molecule has 296 valence electrons. The fourth-order valence-electron chi connectivity index (χ4n) is 8.49. The van der Waals surface area contributed by atoms with Crippen LogP contribution >= 0.6 is 0 Å². The molecule has 4 heterocycles. The molecule has 51 heavy (non-hydrogen) atoms. The van der Waals surface area contributed by atoms with Crippen LogP contribution in [0.25, 0.3) is 0 Å². The SMILES string of the molecule is CCCCCCCCCCCC[C@@H]1OC(C)(C)O[C@H]1CC[C@@H]1C[C@@H](C[C@H](O)[C@@H]2CC[C@@H]([C@H](O)CCC(O)CC3=CC(C)OC3=O)O2)OC(C)(C)O1. The molecule has 3 N–H and O–H groups in total. The van der Waals surface area contributed by atoms with E-state index in [0.717, 1.165) is 25.7 Å². The first-order valence-electron chi connectivity index (χ1n) is 20.6. The number of carbonyl (C=O) groups is 1. The van der Waals surface area contributed by atoms with E-state index < -0.39 is 36.0 Å². The molecule has 4 rings (SSSR count). The molecule has 0 aromatic carbocycles. The molecule has 0 aromatic heterocycles. The van der Waals surface area contributed by atoms with Crippen LogP contribution in [-0.4, -0.2) is 93.9 Å². The molecule has 4 aliphatic heterocycles. The van der Waals surface area contributed by atoms with Gasteiger partial charge in [-0.2, -0.15) is 0 Å². The Morgan fingerprint density at radius 1 is 0.725 bits per heavy atom. The number of esters is 1. The highest BCUT2D eigenvalue weighted by Crippen LogP contribution is 2.37. The molecule has 10 atom stereocenters. The largest absolute Gasteiger partial charge is 0.455 e. The van der Waals surface area contributed by atoms with Crippen LogP contribution in [0.4, 0.5) is 0 Å². The first-order chi connectivity index (χ1) is 24.2. The zero-order chi connectivity index (χ0) is 37.0. The number of unbranched alkanes of at least 4 members (excludes halogenated alkanes) is 9. The Morgan fingerprint density at radius 2 is 1.29 bits per heavy atom. The van der Waals surface area contributed by atoms with E-state index in [2.05, 4.69) is 6.92 Å². The summed E-state index contributed by atoms with van der Waals surface area (Å²) in [4.78, 5) is 11.9. The van der Waals surface area contributed by atoms with E-state index in [4.69, 9.17) is 28.4 Å². The summed E-state index contributed by atoms with van der Waals surface area (Å²) in [5.74, 6) is -1.73. The van der Waals surface area contributed by atoms with Gasteiger partial charge in [0, 0.05) is 24.8 Å². The fourth-order valence-corrected chi connectivity index (χ4v) is 8.49. The molecule has 0 amide bonds. The summed E-state index contributed by atoms with van der Waals surface area (Å²) in [6.45, 7) is 11.9. The summed E-state index contributed by atoms with van der Waals surface area (Å²) in [6, 6.07) is 0. The number of cyclic esters (lactones) is 1. The second kappa shape index (κ2) is 20.5. The van der Waals surface area contributed by atoms with E-state index in [9.17, 15) is 20.1 Å². The van der Waals surface area contributed by atoms with Crippen molar-refractivity contribution in [1.29, 1.82) is 0 Å². The minimum Gasteiger partial charge on any atom is -0.455 e. The fraction of sp³-hybridized carbons (Fsp3) is 0.927. The highest BCUT2D eigenvalue weighted by atomic mass is 16.8. The summed E-state index contributed by atoms with van der Waals surface area (Å²) < 4.78 is 36.6. The van der Waals surface area contributed by atoms with Crippen molar-refractivity contribution in [1.82, 2.24) is 0 Å². The summed E-state index contributed by atoms with van der Waals surface area (Å²) in [7, 11) is 0. The molecule has 0 saturated carbocycles. The Kier molecular flexibility index (Phi) is 17.2. The van der Waals surface area contributed by atoms with Crippen LogP contribution in [-0.2, 0) is 33.2 Å². The third-order valence-corrected chi connectivity index (χ3v) is 11.0. The van der Waals surface area contributed by atoms with Gasteiger partial charge < -0.3 is 43.7 Å². The van der Waals surface area contributed by atoms with Gasteiger partial charge in [-0.3, -0.25) is 0 Å². The quantitative estimate of drug-likeness (QED) is 0.0716. The molecule has 0 aromatic rings. The molecule has 4 aliphatic rings. The summed E-state index contributed by atoms with van der Waals surface area (Å²) in [5.41, 5.74) is 0.485. The van der Waals surface area contributed by atoms with Crippen molar-refractivity contribution >= 4 is 5.97 Å². The van der Waals surface area contributed by atoms with Gasteiger partial charge in [0.2, 0.25) is 0 Å². The molecular formula is C41H72O10. The monoisotopic (exact) mass is 725 g/mol. The van der Waals surface area contributed by atoms with E-state index in [1.54, 1.807) is 13.0 Å². The minimum atomic E-state index is -0.769. The first kappa shape index (κ1) is 42.6. The molecule has 2 unspecified atom stereocenters. The Labute approximate surface area is 308 Å². The van der Waals surface area contributed by atoms with Crippen molar-refractivity contribution in [2.24, 2.45) is 0 Å². The third-order valence-electron chi connectivity index (χ3n) is 11.0. The average molecular weight is 725 g/mol. The van der Waals surface area contributed by atoms with Gasteiger partial charge in [0.25, 0.3) is 0 Å². The molecule has 0 spiro atoms. The maximum Gasteiger partial charge on any atom is 0.334 e. The van der Waals surface area contributed by atoms with E-state index in [1.807, 2.05) is 27.7 Å². The second-order valence-corrected chi connectivity index (χ2v) is 16.8. The van der Waals surface area contributed by atoms with Crippen molar-refractivity contribution in [3.63, 3.8) is 0 Å². The Bertz CT molecular complexity index is 1060. The van der Waals surface area contributed by atoms with E-state index >= 15 is 0 Å². The summed E-state index contributed by atoms with van der Waals surface area (Å²) in [6.07, 6.45) is 17.5. The number of ether oxygens (including phenoxy) is 6. The summed E-state index contributed by atoms with van der Waals surface area (Å²) >= 11 is 0. The molecule has 0 radical (unpaired) electrons. The highest BCUT2D eigenvalue weighted by molar-refractivity contribution is 5.90. The Balaban J connectivity index is 1.15. The van der Waals surface area contributed by atoms with Crippen LogP contribution in [0.5, 0.6) is 0 Å². The van der Waals surface area contributed by atoms with Crippen molar-refractivity contribution in [2.45, 2.75) is 243 Å². The molecule has 3 fully saturated rings. The lowest BCUT2D eigenvalue weighted by molar-refractivity contribution is -0.305. The van der Waals surface area contributed by atoms with Crippen LogP contribution in [0.3, 0.4) is 0 Å². The van der Waals surface area contributed by atoms with Crippen LogP contribution in [0.2, 0.25) is 0 Å². The van der Waals surface area contributed by atoms with Gasteiger partial charge in [0.1, 0.15) is 6.10 Å². The Morgan fingerprint density at radius 3 is 1.92 bits per heavy atom. The van der Waals surface area contributed by atoms with Crippen LogP contribution in [0.1, 0.15) is 170 Å². The van der Waals surface area contributed by atoms with E-state index in [0.29, 0.717) is 44.1 Å². The smallest absolute Gasteiger partial charge is 0.334 e. The minimum absolute atomic E-state index is 0.0215. The van der Waals surface area contributed by atoms with Gasteiger partial charge in [-0.15, -0.1) is 0 Å². The van der Waals surface area contributed by atoms with E-state index in [-0.39, 0.29) is 49.0 Å². The molecule has 10 heteroatoms. The lowest BCUT2D eigenvalue weighted by Gasteiger charge is -2.42. The molecule has 3 saturated heterocycles. The van der Waals surface area contributed by atoms with Gasteiger partial charge in [-0.25, -0.2) is 4.79 Å². The number of aliphatic hydroxyl groups is 3. The molecular weight excluding hydrogens is 652 g/mol. The highest BCUT2D eigenvalue weighted by Gasteiger charge is 2.43. The van der Waals surface area contributed by atoms with Crippen LogP contribution < -0.4 is 0 Å². The topological polar surface area (TPSA) is 133 Å². The van der Waals surface area contributed by atoms with Gasteiger partial charge in [-0.05, 0) is 85.6 Å². The molecule has 10 nitrogen and oxygen atoms in total. The number of carbonyl (C=O) groups excluding carboxylic acids is 1. The van der Waals surface area contributed by atoms with Crippen LogP contribution in [0, 0.1) is 0 Å². The number of aliphatic hydroxyl groups excluding tert-OH is 3. The van der Waals surface area contributed by atoms with Crippen molar-refractivity contribution in [3.05, 3.63) is 11.6 Å². The van der Waals surface area contributed by atoms with Crippen molar-refractivity contribution in [2.75, 3.05) is 0 Å². The van der Waals surface area contributed by atoms with Crippen LogP contribution in [0.15, 0.2) is 11.6 Å². The van der Waals surface area contributed by atoms with Gasteiger partial charge >= 0.3 is 5.97 Å². The average Bonchev–Trinajstić information content (AvgIpc) is 3.75. The standard InChI is InChI=1S/C41H72O10/c1-7-8-9-10-11-12-13-14-15-16-17-37-38(51-41(5,6)50-37)21-19-31-26-32(49-40(3,4)48-31)27-34(44)36-23-22-35(47-36)33(43)20-18-30(42)25-29-24-28(2)46-39(29)45/h24,28,30-38,42-44H,7-23,25-27H2,1-6H3/t28?,30?,31-,32+,33-,34+,35+,36+,37+,38+/m1/s1. The van der Waals surface area contributed by atoms with Crippen molar-refractivity contribution < 1.29 is 48.5 Å². The first-order valence-corrected chi connectivity index (χ1v) is 20.6. The normalized spacial score (nSPS) is 32.1. The predicted molar refractivity (Wildman–Crippen MR) is 196 cm³/mol. The van der Waals surface area contributed by atoms with Gasteiger partial charge in [-0.1, -0.05) is 71.1 Å². The van der Waals surface area contributed by atoms with Gasteiger partial charge in [0.05, 0.1) is 54.9 Å². The molecule has 0 bridgehead atoms. The third kappa shape index (κ3) is 14.6. The molecule has 0 aliphatic carbocycles. The lowest BCUT2D eigenvalue weighted by Crippen LogP contribution is -2.47. The number of rotatable bonds is 23. The van der Waals surface area contributed by atoms with Gasteiger partial charge in [0.15, 0.2) is 11.6 Å². The van der Waals surface area contributed by atoms with E-state index in [1.165, 1.54) is 57.8 Å². The number of hydrogen-bond acceptors (Lipinski definition) is 10. The zero-order valence-electron chi connectivity index (χ0n) is 32.7. The summed E-state index contributed by atoms with van der Waals surface area (Å²) in [5, 5.41) is 32.5. The zero-order valence-corrected chi connectivity index (χ0v) is 32.7. The predicted octanol–water partition coefficient (Wildman–Crippen LogP) is 7.57. The lowest BCUT2D eigenvalue weighted by atomic mass is 9.94. The van der Waals surface area contributed by atoms with Crippen molar-refractivity contribution in [3.8, 4) is 0 Å². The maximum atomic E-state index is 11.9. The maximum absolute atomic E-state index is 11.9. The number of hydrogen-bond donors (Lipinski definition) is 3. The second-order valence-electron chi connectivity index (χ2n) is 16.8.